The maximum absolute atomic E-state index is 11.6. The summed E-state index contributed by atoms with van der Waals surface area (Å²) < 4.78 is 6.07. The lowest BCUT2D eigenvalue weighted by atomic mass is 10.1. The van der Waals surface area contributed by atoms with Crippen LogP contribution in [0.2, 0.25) is 0 Å². The summed E-state index contributed by atoms with van der Waals surface area (Å²) in [5.41, 5.74) is 2.14. The van der Waals surface area contributed by atoms with E-state index in [1.807, 2.05) is 25.1 Å². The molecule has 0 spiro atoms. The summed E-state index contributed by atoms with van der Waals surface area (Å²) in [5.74, 6) is -0.125. The fourth-order valence-electron chi connectivity index (χ4n) is 1.54. The third-order valence-corrected chi connectivity index (χ3v) is 3.26. The van der Waals surface area contributed by atoms with Crippen LogP contribution in [0.1, 0.15) is 17.5 Å². The van der Waals surface area contributed by atoms with E-state index in [1.54, 1.807) is 6.08 Å². The van der Waals surface area contributed by atoms with Crippen LogP contribution in [0.3, 0.4) is 0 Å². The zero-order valence-corrected chi connectivity index (χ0v) is 13.1. The summed E-state index contributed by atoms with van der Waals surface area (Å²) in [5, 5.41) is 11.3. The van der Waals surface area contributed by atoms with E-state index in [-0.39, 0.29) is 12.5 Å². The van der Waals surface area contributed by atoms with E-state index >= 15 is 0 Å². The Bertz CT molecular complexity index is 460. The highest BCUT2D eigenvalue weighted by molar-refractivity contribution is 9.10. The molecular formula is C15H20BrNO3. The monoisotopic (exact) mass is 341 g/mol. The van der Waals surface area contributed by atoms with Crippen molar-refractivity contribution in [3.63, 3.8) is 0 Å². The van der Waals surface area contributed by atoms with Crippen molar-refractivity contribution in [3.8, 4) is 0 Å². The van der Waals surface area contributed by atoms with E-state index in [0.717, 1.165) is 16.5 Å². The number of ether oxygens (including phenoxy) is 1. The normalized spacial score (nSPS) is 10.9. The molecule has 0 heterocycles. The molecule has 4 nitrogen and oxygen atoms in total. The topological polar surface area (TPSA) is 58.6 Å². The fraction of sp³-hybridized carbons (Fsp3) is 0.400. The van der Waals surface area contributed by atoms with Crippen molar-refractivity contribution in [2.45, 2.75) is 13.3 Å². The van der Waals surface area contributed by atoms with Crippen LogP contribution in [0.4, 0.5) is 0 Å². The van der Waals surface area contributed by atoms with E-state index in [1.165, 1.54) is 11.6 Å². The number of aryl methyl sites for hydroxylation is 1. The van der Waals surface area contributed by atoms with Crippen LogP contribution >= 0.6 is 15.9 Å². The molecule has 1 aromatic carbocycles. The highest BCUT2D eigenvalue weighted by Crippen LogP contribution is 2.19. The maximum atomic E-state index is 11.6. The largest absolute Gasteiger partial charge is 0.394 e. The highest BCUT2D eigenvalue weighted by atomic mass is 79.9. The first-order valence-electron chi connectivity index (χ1n) is 6.54. The summed E-state index contributed by atoms with van der Waals surface area (Å²) >= 11 is 3.47. The van der Waals surface area contributed by atoms with E-state index in [9.17, 15) is 4.79 Å². The molecular weight excluding hydrogens is 322 g/mol. The fourth-order valence-corrected chi connectivity index (χ4v) is 2.17. The van der Waals surface area contributed by atoms with Gasteiger partial charge in [0.25, 0.3) is 0 Å². The number of hydrogen-bond acceptors (Lipinski definition) is 3. The van der Waals surface area contributed by atoms with Crippen LogP contribution < -0.4 is 5.32 Å². The Morgan fingerprint density at radius 2 is 2.25 bits per heavy atom. The number of hydrogen-bond donors (Lipinski definition) is 2. The lowest BCUT2D eigenvalue weighted by Gasteiger charge is -2.03. The lowest BCUT2D eigenvalue weighted by molar-refractivity contribution is -0.116. The Morgan fingerprint density at radius 1 is 1.45 bits per heavy atom. The molecule has 0 aromatic heterocycles. The van der Waals surface area contributed by atoms with E-state index in [0.29, 0.717) is 19.8 Å². The quantitative estimate of drug-likeness (QED) is 0.563. The Labute approximate surface area is 128 Å². The van der Waals surface area contributed by atoms with E-state index in [4.69, 9.17) is 9.84 Å². The Morgan fingerprint density at radius 3 is 2.95 bits per heavy atom. The first-order valence-corrected chi connectivity index (χ1v) is 7.33. The van der Waals surface area contributed by atoms with Crippen LogP contribution in [0.15, 0.2) is 28.7 Å². The van der Waals surface area contributed by atoms with Gasteiger partial charge < -0.3 is 15.2 Å². The van der Waals surface area contributed by atoms with Crippen molar-refractivity contribution in [1.82, 2.24) is 5.32 Å². The predicted octanol–water partition coefficient (Wildman–Crippen LogP) is 2.29. The van der Waals surface area contributed by atoms with Crippen molar-refractivity contribution in [3.05, 3.63) is 39.9 Å². The summed E-state index contributed by atoms with van der Waals surface area (Å²) in [6.07, 6.45) is 4.03. The molecule has 20 heavy (non-hydrogen) atoms. The van der Waals surface area contributed by atoms with Gasteiger partial charge in [-0.3, -0.25) is 4.79 Å². The average Bonchev–Trinajstić information content (AvgIpc) is 2.41. The first-order chi connectivity index (χ1) is 9.63. The van der Waals surface area contributed by atoms with E-state index in [2.05, 4.69) is 21.2 Å². The molecule has 1 aromatic rings. The Kier molecular flexibility index (Phi) is 8.18. The van der Waals surface area contributed by atoms with Crippen LogP contribution in [-0.4, -0.2) is 37.4 Å². The molecule has 0 aliphatic rings. The third-order valence-electron chi connectivity index (χ3n) is 2.57. The summed E-state index contributed by atoms with van der Waals surface area (Å²) in [6, 6.07) is 5.98. The minimum Gasteiger partial charge on any atom is -0.394 e. The van der Waals surface area contributed by atoms with E-state index < -0.39 is 0 Å². The number of nitrogens with one attached hydrogen (secondary N) is 1. The third kappa shape index (κ3) is 6.84. The van der Waals surface area contributed by atoms with Gasteiger partial charge in [0, 0.05) is 23.7 Å². The minimum absolute atomic E-state index is 0.0283. The number of aliphatic hydroxyl groups excluding tert-OH is 1. The van der Waals surface area contributed by atoms with Gasteiger partial charge in [-0.25, -0.2) is 0 Å². The molecule has 5 heteroatoms. The number of amides is 1. The summed E-state index contributed by atoms with van der Waals surface area (Å²) in [4.78, 5) is 11.6. The molecule has 1 amide bonds. The van der Waals surface area contributed by atoms with Gasteiger partial charge in [-0.15, -0.1) is 0 Å². The summed E-state index contributed by atoms with van der Waals surface area (Å²) in [7, 11) is 0. The standard InChI is InChI=1S/C15H20BrNO3/c1-12-3-4-13(14(16)11-12)5-6-15(19)17-7-2-9-20-10-8-18/h3-6,11,18H,2,7-10H2,1H3,(H,17,19)/b6-5+. The maximum Gasteiger partial charge on any atom is 0.244 e. The number of halogens is 1. The summed E-state index contributed by atoms with van der Waals surface area (Å²) in [6.45, 7) is 3.48. The number of benzene rings is 1. The SMILES string of the molecule is Cc1ccc(/C=C/C(=O)NCCCOCCO)c(Br)c1. The van der Waals surface area contributed by atoms with Crippen molar-refractivity contribution in [2.24, 2.45) is 0 Å². The van der Waals surface area contributed by atoms with Crippen molar-refractivity contribution >= 4 is 27.9 Å². The van der Waals surface area contributed by atoms with Gasteiger partial charge in [0.05, 0.1) is 13.2 Å². The predicted molar refractivity (Wildman–Crippen MR) is 83.4 cm³/mol. The minimum atomic E-state index is -0.125. The molecule has 0 saturated heterocycles. The van der Waals surface area contributed by atoms with Crippen LogP contribution in [0.25, 0.3) is 6.08 Å². The molecule has 0 aliphatic heterocycles. The molecule has 0 radical (unpaired) electrons. The molecule has 110 valence electrons. The average molecular weight is 342 g/mol. The molecule has 0 fully saturated rings. The Hall–Kier alpha value is -1.17. The van der Waals surface area contributed by atoms with Crippen molar-refractivity contribution < 1.29 is 14.6 Å². The molecule has 0 saturated carbocycles. The van der Waals surface area contributed by atoms with Crippen molar-refractivity contribution in [2.75, 3.05) is 26.4 Å². The molecule has 2 N–H and O–H groups in total. The molecule has 0 unspecified atom stereocenters. The van der Waals surface area contributed by atoms with Gasteiger partial charge in [-0.1, -0.05) is 28.1 Å². The molecule has 0 bridgehead atoms. The van der Waals surface area contributed by atoms with Gasteiger partial charge in [0.1, 0.15) is 0 Å². The molecule has 0 atom stereocenters. The number of aliphatic hydroxyl groups is 1. The zero-order chi connectivity index (χ0) is 14.8. The second-order valence-electron chi connectivity index (χ2n) is 4.34. The second-order valence-corrected chi connectivity index (χ2v) is 5.19. The van der Waals surface area contributed by atoms with Gasteiger partial charge in [0.15, 0.2) is 0 Å². The smallest absolute Gasteiger partial charge is 0.244 e. The lowest BCUT2D eigenvalue weighted by Crippen LogP contribution is -2.23. The van der Waals surface area contributed by atoms with Crippen molar-refractivity contribution in [1.29, 1.82) is 0 Å². The number of carbonyl (C=O) groups is 1. The second kappa shape index (κ2) is 9.69. The highest BCUT2D eigenvalue weighted by Gasteiger charge is 1.98. The van der Waals surface area contributed by atoms with Crippen LogP contribution in [-0.2, 0) is 9.53 Å². The van der Waals surface area contributed by atoms with Gasteiger partial charge in [-0.05, 0) is 36.6 Å². The number of rotatable bonds is 8. The van der Waals surface area contributed by atoms with Crippen LogP contribution in [0, 0.1) is 6.92 Å². The van der Waals surface area contributed by atoms with Gasteiger partial charge >= 0.3 is 0 Å². The molecule has 1 rings (SSSR count). The number of carbonyl (C=O) groups excluding carboxylic acids is 1. The Balaban J connectivity index is 2.29. The van der Waals surface area contributed by atoms with Gasteiger partial charge in [-0.2, -0.15) is 0 Å². The first kappa shape index (κ1) is 16.9. The molecule has 0 aliphatic carbocycles. The van der Waals surface area contributed by atoms with Gasteiger partial charge in [0.2, 0.25) is 5.91 Å². The van der Waals surface area contributed by atoms with Crippen LogP contribution in [0.5, 0.6) is 0 Å². The zero-order valence-electron chi connectivity index (χ0n) is 11.6.